The van der Waals surface area contributed by atoms with Crippen LogP contribution in [0, 0.1) is 13.8 Å². The van der Waals surface area contributed by atoms with Crippen LogP contribution >= 0.6 is 0 Å². The molecular weight excluding hydrogens is 527 g/mol. The fourth-order valence-electron chi connectivity index (χ4n) is 3.27. The zero-order valence-electron chi connectivity index (χ0n) is 20.7. The van der Waals surface area contributed by atoms with Gasteiger partial charge in [-0.3, -0.25) is 4.72 Å². The molecule has 0 aliphatic rings. The number of carbonyl (C=O) groups is 2. The highest BCUT2D eigenvalue weighted by molar-refractivity contribution is 7.92. The maximum Gasteiger partial charge on any atom is 0.490 e. The van der Waals surface area contributed by atoms with Crippen LogP contribution in [-0.4, -0.2) is 48.3 Å². The first kappa shape index (κ1) is 30.1. The molecule has 0 fully saturated rings. The Balaban J connectivity index is 0.000000638. The Morgan fingerprint density at radius 3 is 2.16 bits per heavy atom. The molecule has 0 aliphatic heterocycles. The van der Waals surface area contributed by atoms with Crippen LogP contribution in [0.1, 0.15) is 34.0 Å². The summed E-state index contributed by atoms with van der Waals surface area (Å²) in [5.41, 5.74) is 2.45. The fourth-order valence-corrected chi connectivity index (χ4v) is 4.63. The van der Waals surface area contributed by atoms with Crippen molar-refractivity contribution in [3.63, 3.8) is 0 Å². The molecule has 3 rings (SSSR count). The molecule has 0 saturated heterocycles. The molecular formula is C25H26F3N3O6S. The lowest BCUT2D eigenvalue weighted by molar-refractivity contribution is -0.192. The average Bonchev–Trinajstić information content (AvgIpc) is 2.84. The molecule has 0 saturated carbocycles. The second-order valence-electron chi connectivity index (χ2n) is 8.08. The van der Waals surface area contributed by atoms with E-state index in [0.717, 1.165) is 11.1 Å². The number of carboxylic acid groups (broad SMARTS) is 2. The van der Waals surface area contributed by atoms with E-state index in [1.165, 1.54) is 12.3 Å². The molecule has 0 amide bonds. The Labute approximate surface area is 217 Å². The maximum absolute atomic E-state index is 12.9. The number of aliphatic carboxylic acids is 1. The molecule has 9 nitrogen and oxygen atoms in total. The van der Waals surface area contributed by atoms with Gasteiger partial charge in [0.2, 0.25) is 0 Å². The molecule has 204 valence electrons. The SMILES string of the molecule is CCN(Cc1ccccc1)c1ncc(NS(=O)(=O)c2cc(C)ccc2C)cc1C(=O)O.O=C(O)C(F)(F)F. The number of alkyl halides is 3. The van der Waals surface area contributed by atoms with E-state index < -0.39 is 28.1 Å². The predicted molar refractivity (Wildman–Crippen MR) is 135 cm³/mol. The van der Waals surface area contributed by atoms with Crippen LogP contribution in [0.4, 0.5) is 24.7 Å². The minimum Gasteiger partial charge on any atom is -0.478 e. The highest BCUT2D eigenvalue weighted by Gasteiger charge is 2.38. The molecule has 38 heavy (non-hydrogen) atoms. The van der Waals surface area contributed by atoms with Gasteiger partial charge in [0.25, 0.3) is 10.0 Å². The zero-order valence-corrected chi connectivity index (χ0v) is 21.5. The summed E-state index contributed by atoms with van der Waals surface area (Å²) < 4.78 is 59.9. The molecule has 3 N–H and O–H groups in total. The summed E-state index contributed by atoms with van der Waals surface area (Å²) >= 11 is 0. The molecule has 0 aliphatic carbocycles. The fraction of sp³-hybridized carbons (Fsp3) is 0.240. The summed E-state index contributed by atoms with van der Waals surface area (Å²) in [5, 5.41) is 16.9. The van der Waals surface area contributed by atoms with Gasteiger partial charge in [0.05, 0.1) is 16.8 Å². The van der Waals surface area contributed by atoms with Gasteiger partial charge in [-0.05, 0) is 49.6 Å². The number of aromatic carboxylic acids is 1. The zero-order chi connectivity index (χ0) is 28.7. The summed E-state index contributed by atoms with van der Waals surface area (Å²) in [6, 6.07) is 16.1. The Hall–Kier alpha value is -4.13. The van der Waals surface area contributed by atoms with Crippen molar-refractivity contribution >= 4 is 33.5 Å². The maximum atomic E-state index is 12.9. The minimum absolute atomic E-state index is 0.0704. The quantitative estimate of drug-likeness (QED) is 0.360. The van der Waals surface area contributed by atoms with Crippen molar-refractivity contribution in [2.24, 2.45) is 0 Å². The van der Waals surface area contributed by atoms with Crippen LogP contribution in [-0.2, 0) is 21.4 Å². The van der Waals surface area contributed by atoms with Crippen LogP contribution in [0.5, 0.6) is 0 Å². The topological polar surface area (TPSA) is 137 Å². The van der Waals surface area contributed by atoms with Gasteiger partial charge in [-0.1, -0.05) is 42.5 Å². The van der Waals surface area contributed by atoms with Crippen molar-refractivity contribution in [1.82, 2.24) is 4.98 Å². The lowest BCUT2D eigenvalue weighted by atomic mass is 10.2. The predicted octanol–water partition coefficient (Wildman–Crippen LogP) is 4.86. The monoisotopic (exact) mass is 553 g/mol. The van der Waals surface area contributed by atoms with E-state index in [1.807, 2.05) is 55.1 Å². The normalized spacial score (nSPS) is 11.2. The number of rotatable bonds is 8. The number of carboxylic acids is 2. The second kappa shape index (κ2) is 12.4. The summed E-state index contributed by atoms with van der Waals surface area (Å²) in [4.78, 5) is 27.1. The molecule has 0 radical (unpaired) electrons. The van der Waals surface area contributed by atoms with Crippen molar-refractivity contribution in [3.8, 4) is 0 Å². The molecule has 0 spiro atoms. The van der Waals surface area contributed by atoms with Gasteiger partial charge in [0, 0.05) is 13.1 Å². The number of benzene rings is 2. The van der Waals surface area contributed by atoms with Gasteiger partial charge in [-0.15, -0.1) is 0 Å². The van der Waals surface area contributed by atoms with Gasteiger partial charge < -0.3 is 15.1 Å². The van der Waals surface area contributed by atoms with Crippen molar-refractivity contribution in [2.45, 2.75) is 38.4 Å². The number of aryl methyl sites for hydroxylation is 2. The van der Waals surface area contributed by atoms with E-state index in [-0.39, 0.29) is 22.0 Å². The Bertz CT molecular complexity index is 1400. The third-order valence-electron chi connectivity index (χ3n) is 5.12. The average molecular weight is 554 g/mol. The number of nitrogens with one attached hydrogen (secondary N) is 1. The van der Waals surface area contributed by atoms with Crippen molar-refractivity contribution < 1.29 is 41.4 Å². The first-order chi connectivity index (χ1) is 17.7. The number of pyridine rings is 1. The van der Waals surface area contributed by atoms with Crippen molar-refractivity contribution in [2.75, 3.05) is 16.2 Å². The first-order valence-corrected chi connectivity index (χ1v) is 12.6. The molecule has 3 aromatic rings. The first-order valence-electron chi connectivity index (χ1n) is 11.1. The lowest BCUT2D eigenvalue weighted by Gasteiger charge is -2.24. The number of hydrogen-bond donors (Lipinski definition) is 3. The Morgan fingerprint density at radius 1 is 1.03 bits per heavy atom. The summed E-state index contributed by atoms with van der Waals surface area (Å²) in [7, 11) is -3.89. The highest BCUT2D eigenvalue weighted by Crippen LogP contribution is 2.26. The van der Waals surface area contributed by atoms with E-state index in [0.29, 0.717) is 18.7 Å². The summed E-state index contributed by atoms with van der Waals surface area (Å²) in [5.74, 6) is -3.65. The Kier molecular flexibility index (Phi) is 9.83. The molecule has 0 bridgehead atoms. The molecule has 0 atom stereocenters. The number of sulfonamides is 1. The van der Waals surface area contributed by atoms with Crippen LogP contribution in [0.25, 0.3) is 0 Å². The van der Waals surface area contributed by atoms with Gasteiger partial charge in [-0.25, -0.2) is 23.0 Å². The smallest absolute Gasteiger partial charge is 0.478 e. The number of nitrogens with zero attached hydrogens (tertiary/aromatic N) is 2. The van der Waals surface area contributed by atoms with Crippen molar-refractivity contribution in [3.05, 3.63) is 83.0 Å². The van der Waals surface area contributed by atoms with Crippen LogP contribution in [0.2, 0.25) is 0 Å². The number of halogens is 3. The molecule has 1 aromatic heterocycles. The van der Waals surface area contributed by atoms with E-state index in [1.54, 1.807) is 19.1 Å². The standard InChI is InChI=1S/C23H25N3O4S.C2HF3O2/c1-4-26(15-18-8-6-5-7-9-18)22-20(23(27)28)13-19(14-24-22)25-31(29,30)21-12-16(2)10-11-17(21)3;3-2(4,5)1(6)7/h5-14,25H,4,15H2,1-3H3,(H,27,28);(H,6,7). The van der Waals surface area contributed by atoms with Gasteiger partial charge in [0.1, 0.15) is 11.4 Å². The van der Waals surface area contributed by atoms with Gasteiger partial charge >= 0.3 is 18.1 Å². The third kappa shape index (κ3) is 8.20. The lowest BCUT2D eigenvalue weighted by Crippen LogP contribution is -2.25. The molecule has 0 unspecified atom stereocenters. The Morgan fingerprint density at radius 2 is 1.63 bits per heavy atom. The molecule has 2 aromatic carbocycles. The summed E-state index contributed by atoms with van der Waals surface area (Å²) in [6.07, 6.45) is -3.74. The number of aromatic nitrogens is 1. The van der Waals surface area contributed by atoms with E-state index >= 15 is 0 Å². The van der Waals surface area contributed by atoms with E-state index in [2.05, 4.69) is 9.71 Å². The van der Waals surface area contributed by atoms with Crippen LogP contribution < -0.4 is 9.62 Å². The highest BCUT2D eigenvalue weighted by atomic mass is 32.2. The minimum atomic E-state index is -5.08. The molecule has 13 heteroatoms. The number of hydrogen-bond acceptors (Lipinski definition) is 6. The number of anilines is 2. The van der Waals surface area contributed by atoms with Crippen molar-refractivity contribution in [1.29, 1.82) is 0 Å². The summed E-state index contributed by atoms with van der Waals surface area (Å²) in [6.45, 7) is 6.45. The van der Waals surface area contributed by atoms with E-state index in [9.17, 15) is 31.5 Å². The van der Waals surface area contributed by atoms with Gasteiger partial charge in [-0.2, -0.15) is 13.2 Å². The molecule has 1 heterocycles. The second-order valence-corrected chi connectivity index (χ2v) is 9.73. The van der Waals surface area contributed by atoms with Crippen LogP contribution in [0.15, 0.2) is 65.7 Å². The van der Waals surface area contributed by atoms with Crippen LogP contribution in [0.3, 0.4) is 0 Å². The third-order valence-corrected chi connectivity index (χ3v) is 6.65. The largest absolute Gasteiger partial charge is 0.490 e. The van der Waals surface area contributed by atoms with Gasteiger partial charge in [0.15, 0.2) is 0 Å². The van der Waals surface area contributed by atoms with E-state index in [4.69, 9.17) is 9.90 Å².